The summed E-state index contributed by atoms with van der Waals surface area (Å²) in [5.74, 6) is 1.50. The van der Waals surface area contributed by atoms with Crippen molar-refractivity contribution in [2.24, 2.45) is 23.7 Å². The minimum absolute atomic E-state index is 0.0133. The Hall–Kier alpha value is -4.71. The molecule has 0 unspecified atom stereocenters. The number of nitrogens with one attached hydrogen (secondary N) is 1. The van der Waals surface area contributed by atoms with Crippen LogP contribution in [-0.4, -0.2) is 115 Å². The summed E-state index contributed by atoms with van der Waals surface area (Å²) in [6.45, 7) is 2.95. The van der Waals surface area contributed by atoms with Gasteiger partial charge in [-0.15, -0.1) is 0 Å². The molecule has 3 aromatic heterocycles. The van der Waals surface area contributed by atoms with Crippen molar-refractivity contribution in [2.45, 2.75) is 70.8 Å². The van der Waals surface area contributed by atoms with Gasteiger partial charge in [0, 0.05) is 47.9 Å². The molecule has 0 amide bonds. The van der Waals surface area contributed by atoms with Gasteiger partial charge >= 0.3 is 23.3 Å². The van der Waals surface area contributed by atoms with E-state index in [9.17, 15) is 24.5 Å². The molecule has 0 aromatic carbocycles. The second-order valence-corrected chi connectivity index (χ2v) is 14.1. The summed E-state index contributed by atoms with van der Waals surface area (Å²) in [4.78, 5) is 70.6. The number of H-pyrrole nitrogens is 1. The van der Waals surface area contributed by atoms with Crippen molar-refractivity contribution in [3.8, 4) is 0 Å². The highest BCUT2D eigenvalue weighted by Gasteiger charge is 2.29. The first-order valence-electron chi connectivity index (χ1n) is 18.5. The number of nitro groups is 1. The van der Waals surface area contributed by atoms with Gasteiger partial charge in [-0.2, -0.15) is 4.98 Å². The lowest BCUT2D eigenvalue weighted by molar-refractivity contribution is -0.386. The average molecular weight is 758 g/mol. The highest BCUT2D eigenvalue weighted by Crippen LogP contribution is 2.33. The smallest absolute Gasteiger partial charge is 0.327 e. The van der Waals surface area contributed by atoms with Crippen LogP contribution in [0.2, 0.25) is 0 Å². The number of imidazole rings is 1. The Morgan fingerprint density at radius 2 is 1.35 bits per heavy atom. The van der Waals surface area contributed by atoms with Crippen molar-refractivity contribution in [1.29, 1.82) is 0 Å². The van der Waals surface area contributed by atoms with Gasteiger partial charge in [-0.3, -0.25) is 24.3 Å². The molecule has 0 saturated heterocycles. The Balaban J connectivity index is 0.000000241. The number of likely N-dealkylation sites (N-methyl/N-ethyl adjacent to an activating group) is 2. The van der Waals surface area contributed by atoms with Gasteiger partial charge in [0.25, 0.3) is 0 Å². The number of rotatable bonds is 16. The first kappa shape index (κ1) is 42.0. The molecule has 18 heteroatoms. The maximum Gasteiger partial charge on any atom is 0.327 e. The second kappa shape index (κ2) is 20.7. The summed E-state index contributed by atoms with van der Waals surface area (Å²) in [5.41, 5.74) is 1.49. The highest BCUT2D eigenvalue weighted by molar-refractivity contribution is 5.73. The number of aromatic nitrogens is 6. The maximum atomic E-state index is 12.4. The summed E-state index contributed by atoms with van der Waals surface area (Å²) in [6, 6.07) is 0. The SMILES string of the molecule is COCCN(C)c1ncc([N+](=O)[O-])c(CCC2CCC(C(=O)OC)CC2)n1.COCCN(C)c1ncc2[nH]c(=O)n(CC3CCC(C(=O)OC)CC3)c2n1. The Bertz CT molecular complexity index is 1730. The number of carbonyl (C=O) groups excluding carboxylic acids is 2. The molecule has 2 fully saturated rings. The van der Waals surface area contributed by atoms with Crippen molar-refractivity contribution in [2.75, 3.05) is 78.6 Å². The monoisotopic (exact) mass is 757 g/mol. The van der Waals surface area contributed by atoms with E-state index in [1.807, 2.05) is 23.9 Å². The summed E-state index contributed by atoms with van der Waals surface area (Å²) < 4.78 is 21.5. The number of aryl methyl sites for hydroxylation is 1. The summed E-state index contributed by atoms with van der Waals surface area (Å²) in [6.07, 6.45) is 11.1. The molecule has 0 atom stereocenters. The van der Waals surface area contributed by atoms with Crippen LogP contribution in [-0.2, 0) is 41.5 Å². The fourth-order valence-corrected chi connectivity index (χ4v) is 7.07. The number of nitrogens with zero attached hydrogens (tertiary/aromatic N) is 8. The molecule has 5 rings (SSSR count). The number of fused-ring (bicyclic) bond motifs is 1. The maximum absolute atomic E-state index is 12.4. The van der Waals surface area contributed by atoms with Crippen molar-refractivity contribution in [3.63, 3.8) is 0 Å². The summed E-state index contributed by atoms with van der Waals surface area (Å²) >= 11 is 0. The summed E-state index contributed by atoms with van der Waals surface area (Å²) in [7, 11) is 9.84. The molecule has 18 nitrogen and oxygen atoms in total. The van der Waals surface area contributed by atoms with E-state index in [0.717, 1.165) is 57.8 Å². The fraction of sp³-hybridized carbons (Fsp3) is 0.694. The number of methoxy groups -OCH3 is 4. The van der Waals surface area contributed by atoms with E-state index in [4.69, 9.17) is 18.9 Å². The molecule has 0 spiro atoms. The number of ether oxygens (including phenoxy) is 4. The normalized spacial score (nSPS) is 19.7. The number of hydrogen-bond donors (Lipinski definition) is 1. The molecule has 0 bridgehead atoms. The Morgan fingerprint density at radius 3 is 1.87 bits per heavy atom. The van der Waals surface area contributed by atoms with Crippen LogP contribution in [0, 0.1) is 33.8 Å². The van der Waals surface area contributed by atoms with Gasteiger partial charge < -0.3 is 33.7 Å². The van der Waals surface area contributed by atoms with E-state index in [-0.39, 0.29) is 35.2 Å². The molecule has 1 N–H and O–H groups in total. The van der Waals surface area contributed by atoms with Crippen LogP contribution in [0.25, 0.3) is 11.2 Å². The lowest BCUT2D eigenvalue weighted by Gasteiger charge is -2.26. The van der Waals surface area contributed by atoms with E-state index < -0.39 is 4.92 Å². The van der Waals surface area contributed by atoms with E-state index in [2.05, 4.69) is 24.9 Å². The van der Waals surface area contributed by atoms with Crippen LogP contribution in [0.3, 0.4) is 0 Å². The number of carbonyl (C=O) groups is 2. The minimum atomic E-state index is -0.428. The van der Waals surface area contributed by atoms with Crippen LogP contribution < -0.4 is 15.5 Å². The number of aromatic amines is 1. The third kappa shape index (κ3) is 11.4. The third-order valence-corrected chi connectivity index (χ3v) is 10.5. The lowest BCUT2D eigenvalue weighted by Crippen LogP contribution is -2.28. The first-order chi connectivity index (χ1) is 26.0. The van der Waals surface area contributed by atoms with Gasteiger partial charge in [0.05, 0.1) is 50.4 Å². The Labute approximate surface area is 315 Å². The van der Waals surface area contributed by atoms with Crippen LogP contribution in [0.15, 0.2) is 17.2 Å². The highest BCUT2D eigenvalue weighted by atomic mass is 16.6. The zero-order valence-corrected chi connectivity index (χ0v) is 32.3. The number of esters is 2. The first-order valence-corrected chi connectivity index (χ1v) is 18.5. The van der Waals surface area contributed by atoms with Crippen LogP contribution in [0.1, 0.15) is 63.5 Å². The largest absolute Gasteiger partial charge is 0.469 e. The van der Waals surface area contributed by atoms with Crippen LogP contribution in [0.4, 0.5) is 17.6 Å². The van der Waals surface area contributed by atoms with E-state index in [1.165, 1.54) is 20.4 Å². The van der Waals surface area contributed by atoms with Crippen molar-refractivity contribution in [1.82, 2.24) is 29.5 Å². The van der Waals surface area contributed by atoms with Gasteiger partial charge in [0.2, 0.25) is 11.9 Å². The Morgan fingerprint density at radius 1 is 0.833 bits per heavy atom. The zero-order valence-electron chi connectivity index (χ0n) is 32.3. The molecular weight excluding hydrogens is 702 g/mol. The van der Waals surface area contributed by atoms with Crippen molar-refractivity contribution >= 4 is 40.7 Å². The van der Waals surface area contributed by atoms with Gasteiger partial charge in [0.1, 0.15) is 17.4 Å². The third-order valence-electron chi connectivity index (χ3n) is 10.5. The zero-order chi connectivity index (χ0) is 39.2. The van der Waals surface area contributed by atoms with Gasteiger partial charge in [-0.1, -0.05) is 0 Å². The van der Waals surface area contributed by atoms with Gasteiger partial charge in [-0.25, -0.2) is 19.7 Å². The second-order valence-electron chi connectivity index (χ2n) is 14.1. The van der Waals surface area contributed by atoms with Crippen LogP contribution in [0.5, 0.6) is 0 Å². The van der Waals surface area contributed by atoms with Crippen LogP contribution >= 0.6 is 0 Å². The summed E-state index contributed by atoms with van der Waals surface area (Å²) in [5, 5.41) is 11.3. The predicted octanol–water partition coefficient (Wildman–Crippen LogP) is 3.56. The number of anilines is 2. The van der Waals surface area contributed by atoms with Crippen molar-refractivity contribution < 1.29 is 33.5 Å². The molecule has 3 heterocycles. The van der Waals surface area contributed by atoms with Gasteiger partial charge in [-0.05, 0) is 76.0 Å². The molecule has 0 radical (unpaired) electrons. The lowest BCUT2D eigenvalue weighted by atomic mass is 9.80. The molecule has 2 aliphatic rings. The Kier molecular flexibility index (Phi) is 16.1. The van der Waals surface area contributed by atoms with Crippen molar-refractivity contribution in [3.05, 3.63) is 38.7 Å². The molecular formula is C36H55N9O9. The number of hydrogen-bond acceptors (Lipinski definition) is 15. The predicted molar refractivity (Wildman–Crippen MR) is 200 cm³/mol. The quantitative estimate of drug-likeness (QED) is 0.126. The fourth-order valence-electron chi connectivity index (χ4n) is 7.07. The minimum Gasteiger partial charge on any atom is -0.469 e. The molecule has 0 aliphatic heterocycles. The van der Waals surface area contributed by atoms with Gasteiger partial charge in [0.15, 0.2) is 5.65 Å². The van der Waals surface area contributed by atoms with E-state index >= 15 is 0 Å². The standard InChI is InChI=1S/C18H27N5O4.C18H28N4O5/c1-22(8-9-26-2)17-19-10-14-15(21-17)23(18(25)20-14)11-12-4-6-13(7-5-12)16(24)27-3;1-21(10-11-26-2)18-19-12-16(22(24)25)15(20-18)9-6-13-4-7-14(8-5-13)17(23)27-3/h10,12-13H,4-9,11H2,1-3H3,(H,20,25);12-14H,4-11H2,1-3H3. The molecule has 2 aliphatic carbocycles. The molecule has 2 saturated carbocycles. The molecule has 3 aromatic rings. The molecule has 298 valence electrons. The molecule has 54 heavy (non-hydrogen) atoms. The topological polar surface area (TPSA) is 210 Å². The van der Waals surface area contributed by atoms with E-state index in [1.54, 1.807) is 25.0 Å². The average Bonchev–Trinajstić information content (AvgIpc) is 3.51. The van der Waals surface area contributed by atoms with E-state index in [0.29, 0.717) is 79.9 Å².